The van der Waals surface area contributed by atoms with Crippen molar-refractivity contribution in [2.45, 2.75) is 0 Å². The van der Waals surface area contributed by atoms with Gasteiger partial charge in [0.05, 0.1) is 30.6 Å². The van der Waals surface area contributed by atoms with Crippen LogP contribution in [-0.4, -0.2) is 25.8 Å². The highest BCUT2D eigenvalue weighted by Gasteiger charge is 2.10. The van der Waals surface area contributed by atoms with Crippen molar-refractivity contribution < 1.29 is 9.21 Å². The SMILES string of the molecule is O=CNc1cn2cc(-c3ccc(-c4cnc[nH]4)cc3)oc2n1. The number of aromatic amines is 1. The highest BCUT2D eigenvalue weighted by atomic mass is 16.4. The van der Waals surface area contributed by atoms with E-state index in [2.05, 4.69) is 20.3 Å². The molecule has 22 heavy (non-hydrogen) atoms. The van der Waals surface area contributed by atoms with Crippen molar-refractivity contribution in [3.8, 4) is 22.6 Å². The number of amides is 1. The van der Waals surface area contributed by atoms with Crippen LogP contribution >= 0.6 is 0 Å². The first kappa shape index (κ1) is 12.4. The van der Waals surface area contributed by atoms with Crippen molar-refractivity contribution >= 4 is 18.1 Å². The van der Waals surface area contributed by atoms with Gasteiger partial charge in [-0.2, -0.15) is 4.98 Å². The Kier molecular flexibility index (Phi) is 2.75. The van der Waals surface area contributed by atoms with Crippen molar-refractivity contribution in [3.63, 3.8) is 0 Å². The minimum atomic E-state index is 0.428. The minimum Gasteiger partial charge on any atom is -0.423 e. The summed E-state index contributed by atoms with van der Waals surface area (Å²) >= 11 is 0. The molecule has 3 aromatic heterocycles. The third kappa shape index (κ3) is 2.05. The molecule has 1 aromatic carbocycles. The number of nitrogens with one attached hydrogen (secondary N) is 2. The summed E-state index contributed by atoms with van der Waals surface area (Å²) in [4.78, 5) is 21.6. The molecule has 0 fully saturated rings. The van der Waals surface area contributed by atoms with Crippen LogP contribution in [0.15, 0.2) is 53.6 Å². The van der Waals surface area contributed by atoms with E-state index in [1.165, 1.54) is 0 Å². The van der Waals surface area contributed by atoms with Gasteiger partial charge >= 0.3 is 5.84 Å². The quantitative estimate of drug-likeness (QED) is 0.566. The van der Waals surface area contributed by atoms with E-state index in [9.17, 15) is 4.79 Å². The van der Waals surface area contributed by atoms with Gasteiger partial charge in [-0.15, -0.1) is 0 Å². The Hall–Kier alpha value is -3.35. The zero-order valence-corrected chi connectivity index (χ0v) is 11.4. The molecule has 0 saturated heterocycles. The number of aromatic nitrogens is 4. The van der Waals surface area contributed by atoms with Gasteiger partial charge in [-0.1, -0.05) is 24.3 Å². The number of oxazole rings is 1. The molecule has 3 heterocycles. The van der Waals surface area contributed by atoms with Crippen molar-refractivity contribution in [2.75, 3.05) is 5.32 Å². The lowest BCUT2D eigenvalue weighted by molar-refractivity contribution is -0.105. The monoisotopic (exact) mass is 293 g/mol. The Bertz CT molecular complexity index is 887. The molecule has 7 heteroatoms. The fourth-order valence-electron chi connectivity index (χ4n) is 2.29. The Morgan fingerprint density at radius 1 is 1.18 bits per heavy atom. The average molecular weight is 293 g/mol. The topological polar surface area (TPSA) is 88.2 Å². The number of imidazole rings is 2. The van der Waals surface area contributed by atoms with Crippen LogP contribution < -0.4 is 5.32 Å². The van der Waals surface area contributed by atoms with Gasteiger partial charge in [-0.25, -0.2) is 4.98 Å². The Morgan fingerprint density at radius 3 is 2.68 bits per heavy atom. The zero-order valence-electron chi connectivity index (χ0n) is 11.4. The van der Waals surface area contributed by atoms with E-state index in [1.54, 1.807) is 23.1 Å². The summed E-state index contributed by atoms with van der Waals surface area (Å²) in [5, 5.41) is 2.48. The number of hydrogen-bond donors (Lipinski definition) is 2. The molecule has 0 atom stereocenters. The largest absolute Gasteiger partial charge is 0.423 e. The van der Waals surface area contributed by atoms with Crippen LogP contribution in [0.1, 0.15) is 0 Å². The van der Waals surface area contributed by atoms with Crippen molar-refractivity contribution in [1.82, 2.24) is 19.4 Å². The van der Waals surface area contributed by atoms with Crippen LogP contribution in [0.2, 0.25) is 0 Å². The number of H-pyrrole nitrogens is 1. The number of benzene rings is 1. The van der Waals surface area contributed by atoms with E-state index in [-0.39, 0.29) is 0 Å². The van der Waals surface area contributed by atoms with Gasteiger partial charge in [0.2, 0.25) is 6.41 Å². The summed E-state index contributed by atoms with van der Waals surface area (Å²) in [6, 6.07) is 7.93. The number of hydrogen-bond acceptors (Lipinski definition) is 4. The first-order chi connectivity index (χ1) is 10.8. The van der Waals surface area contributed by atoms with E-state index >= 15 is 0 Å². The maximum absolute atomic E-state index is 10.4. The molecule has 0 aliphatic rings. The molecule has 1 amide bonds. The third-order valence-corrected chi connectivity index (χ3v) is 3.34. The molecule has 0 unspecified atom stereocenters. The first-order valence-electron chi connectivity index (χ1n) is 6.61. The molecule has 0 radical (unpaired) electrons. The molecule has 7 nitrogen and oxygen atoms in total. The standard InChI is InChI=1S/C15H11N5O2/c21-9-18-14-7-20-6-13(22-15(20)19-14)11-3-1-10(2-4-11)12-5-16-8-17-12/h1-9H,(H,16,17)(H,18,21). The van der Waals surface area contributed by atoms with E-state index < -0.39 is 0 Å². The molecule has 0 saturated carbocycles. The molecule has 0 spiro atoms. The lowest BCUT2D eigenvalue weighted by Gasteiger charge is -1.99. The van der Waals surface area contributed by atoms with Crippen LogP contribution in [0, 0.1) is 0 Å². The molecule has 0 bridgehead atoms. The molecule has 0 aliphatic carbocycles. The zero-order chi connectivity index (χ0) is 14.9. The number of carbonyl (C=O) groups excluding carboxylic acids is 1. The lowest BCUT2D eigenvalue weighted by Crippen LogP contribution is -1.92. The number of anilines is 1. The second-order valence-corrected chi connectivity index (χ2v) is 4.72. The predicted octanol–water partition coefficient (Wildman–Crippen LogP) is 2.55. The number of rotatable bonds is 4. The second kappa shape index (κ2) is 4.88. The van der Waals surface area contributed by atoms with Gasteiger partial charge in [-0.05, 0) is 5.56 Å². The molecule has 108 valence electrons. The molecule has 4 aromatic rings. The Balaban J connectivity index is 1.66. The molecule has 0 aliphatic heterocycles. The second-order valence-electron chi connectivity index (χ2n) is 4.72. The van der Waals surface area contributed by atoms with E-state index in [4.69, 9.17) is 4.42 Å². The maximum Gasteiger partial charge on any atom is 0.308 e. The summed E-state index contributed by atoms with van der Waals surface area (Å²) in [5.74, 6) is 1.59. The predicted molar refractivity (Wildman–Crippen MR) is 80.2 cm³/mol. The molecular formula is C15H11N5O2. The molecule has 4 rings (SSSR count). The summed E-state index contributed by atoms with van der Waals surface area (Å²) in [5.41, 5.74) is 2.96. The summed E-state index contributed by atoms with van der Waals surface area (Å²) in [6.07, 6.45) is 7.52. The van der Waals surface area contributed by atoms with Crippen LogP contribution in [0.3, 0.4) is 0 Å². The van der Waals surface area contributed by atoms with Gasteiger partial charge in [0.15, 0.2) is 11.6 Å². The van der Waals surface area contributed by atoms with Gasteiger partial charge in [0.25, 0.3) is 0 Å². The highest BCUT2D eigenvalue weighted by molar-refractivity contribution is 5.70. The van der Waals surface area contributed by atoms with Crippen molar-refractivity contribution in [1.29, 1.82) is 0 Å². The van der Waals surface area contributed by atoms with Crippen LogP contribution in [0.5, 0.6) is 0 Å². The summed E-state index contributed by atoms with van der Waals surface area (Å²) in [6.45, 7) is 0. The van der Waals surface area contributed by atoms with Crippen LogP contribution in [0.4, 0.5) is 5.82 Å². The number of nitrogens with zero attached hydrogens (tertiary/aromatic N) is 3. The third-order valence-electron chi connectivity index (χ3n) is 3.34. The molecule has 2 N–H and O–H groups in total. The van der Waals surface area contributed by atoms with Crippen molar-refractivity contribution in [2.24, 2.45) is 0 Å². The van der Waals surface area contributed by atoms with Crippen LogP contribution in [0.25, 0.3) is 28.4 Å². The maximum atomic E-state index is 10.4. The van der Waals surface area contributed by atoms with E-state index in [0.717, 1.165) is 16.8 Å². The number of fused-ring (bicyclic) bond motifs is 1. The minimum absolute atomic E-state index is 0.428. The number of carbonyl (C=O) groups is 1. The Labute approximate surface area is 124 Å². The van der Waals surface area contributed by atoms with Gasteiger partial charge < -0.3 is 14.7 Å². The summed E-state index contributed by atoms with van der Waals surface area (Å²) < 4.78 is 7.41. The fourth-order valence-corrected chi connectivity index (χ4v) is 2.29. The lowest BCUT2D eigenvalue weighted by atomic mass is 10.1. The van der Waals surface area contributed by atoms with Crippen molar-refractivity contribution in [3.05, 3.63) is 49.2 Å². The van der Waals surface area contributed by atoms with Crippen LogP contribution in [-0.2, 0) is 4.79 Å². The highest BCUT2D eigenvalue weighted by Crippen LogP contribution is 2.26. The van der Waals surface area contributed by atoms with Gasteiger partial charge in [0, 0.05) is 5.56 Å². The summed E-state index contributed by atoms with van der Waals surface area (Å²) in [7, 11) is 0. The average Bonchev–Trinajstić information content (AvgIpc) is 3.23. The van der Waals surface area contributed by atoms with Gasteiger partial charge in [-0.3, -0.25) is 9.20 Å². The van der Waals surface area contributed by atoms with E-state index in [0.29, 0.717) is 23.8 Å². The smallest absolute Gasteiger partial charge is 0.308 e. The normalized spacial score (nSPS) is 10.9. The van der Waals surface area contributed by atoms with E-state index in [1.807, 2.05) is 30.5 Å². The molecular weight excluding hydrogens is 282 g/mol. The van der Waals surface area contributed by atoms with Gasteiger partial charge in [0.1, 0.15) is 0 Å². The Morgan fingerprint density at radius 2 is 2.00 bits per heavy atom. The first-order valence-corrected chi connectivity index (χ1v) is 6.61. The fraction of sp³-hybridized carbons (Fsp3) is 0.